The molecular weight excluding hydrogens is 1260 g/mol. The number of nitrogens with zero attached hydrogens (tertiary/aromatic N) is 4. The summed E-state index contributed by atoms with van der Waals surface area (Å²) in [6, 6.07) is 0. The van der Waals surface area contributed by atoms with Crippen molar-refractivity contribution in [3.05, 3.63) is 44.5 Å². The van der Waals surface area contributed by atoms with E-state index >= 15 is 0 Å². The first-order chi connectivity index (χ1) is 49.0. The highest BCUT2D eigenvalue weighted by Gasteiger charge is 2.77. The molecule has 0 bridgehead atoms. The van der Waals surface area contributed by atoms with Gasteiger partial charge in [-0.1, -0.05) is 0 Å². The molecule has 34 rings (SSSR count). The average molecular weight is 1300 g/mol. The first-order valence-electron chi connectivity index (χ1n) is 36.1. The number of aliphatic carboxylic acids is 4. The van der Waals surface area contributed by atoms with Crippen molar-refractivity contribution in [2.24, 2.45) is 0 Å². The van der Waals surface area contributed by atoms with E-state index in [0.717, 1.165) is 39.3 Å². The summed E-state index contributed by atoms with van der Waals surface area (Å²) in [5.41, 5.74) is 11.8. The molecule has 0 radical (unpaired) electrons. The van der Waals surface area contributed by atoms with Crippen LogP contribution in [0.2, 0.25) is 0 Å². The topological polar surface area (TPSA) is 199 Å². The molecule has 8 aliphatic carbocycles. The van der Waals surface area contributed by atoms with E-state index in [9.17, 15) is 39.6 Å². The van der Waals surface area contributed by atoms with Crippen molar-refractivity contribution >= 4 is 282 Å². The number of carbonyl (C=O) groups is 4. The second-order valence-corrected chi connectivity index (χ2v) is 33.5. The predicted molar refractivity (Wildman–Crippen MR) is 387 cm³/mol. The minimum Gasteiger partial charge on any atom is -0.480 e. The molecule has 2 saturated heterocycles. The quantitative estimate of drug-likeness (QED) is 0.0295. The second-order valence-electron chi connectivity index (χ2n) is 33.5. The van der Waals surface area contributed by atoms with Crippen LogP contribution < -0.4 is 0 Å². The zero-order valence-corrected chi connectivity index (χ0v) is 53.0. The molecule has 4 N–H and O–H groups in total. The summed E-state index contributed by atoms with van der Waals surface area (Å²) in [5.74, 6) is -4.27. The second kappa shape index (κ2) is 13.1. The third kappa shape index (κ3) is 3.57. The molecule has 16 heteroatoms. The van der Waals surface area contributed by atoms with Gasteiger partial charge in [-0.25, -0.2) is 0 Å². The van der Waals surface area contributed by atoms with E-state index in [2.05, 4.69) is 9.80 Å². The lowest BCUT2D eigenvalue weighted by molar-refractivity contribution is -0.144. The van der Waals surface area contributed by atoms with Crippen molar-refractivity contribution < 1.29 is 58.6 Å². The SMILES string of the molecule is O=C(O)CN(CCOCCOCCN1CC23c4c5c6c7c8c9c%10c%11c%12c%13c%14c%15c(c6c6c4c4c%16c%17c%18c(c%19c%20c2c5c8c2c%20c5c%19c8c%18c%18c%19c%17c%17c4c6c%15c4c%14c6c%12c%12c%14c%11c(c92)c5c%14c8c%18c%12c6c%19c4%17)C%163C1)C71CN(CCOCCOCCN(CC(=O)O)CC(=O)O)CC%10%131)CC(=O)O. The number of likely N-dealkylation sites (tertiary alicyclic amines) is 2. The summed E-state index contributed by atoms with van der Waals surface area (Å²) in [6.45, 7) is 7.02. The molecule has 4 spiro atoms. The highest BCUT2D eigenvalue weighted by Crippen LogP contribution is 2.88. The maximum Gasteiger partial charge on any atom is 0.317 e. The Morgan fingerprint density at radius 3 is 0.570 bits per heavy atom. The summed E-state index contributed by atoms with van der Waals surface area (Å²) in [6.07, 6.45) is 0. The van der Waals surface area contributed by atoms with Crippen LogP contribution in [-0.4, -0.2) is 195 Å². The number of rotatable bonds is 26. The van der Waals surface area contributed by atoms with Gasteiger partial charge in [0.25, 0.3) is 0 Å². The van der Waals surface area contributed by atoms with E-state index in [1.807, 2.05) is 0 Å². The standard InChI is InChI=1S/C84H44N4O12/c89-21(90)13-85(14-22(91)92)1-5-97-9-11-99-7-3-87-17-81-73-57-45-33-25-26-30-27-31-39-47(35(27)33)59(57)75(81)65-53(39)44-52-42(31)50-38(30)46-34(26)36-28-29(25)37(45)49-41-32(28)40-48(36)60-58(46)74-62(50)64(52)78-70-55(44)67(65)79-71-69-56-43(51(41)63(61(49)73)77(69)83(79,81)19-87)54(40)66-68(56)80(72(70)71)84(78)20-88(18-82(74,84)76(60)66)4-8-100-12-10-98-6-2-86(15-23(93)94)16-24(95)96/h1-20H2,(H,89,90)(H,91,92)(H,93,94)(H,95,96). The molecule has 4 atom stereocenters. The van der Waals surface area contributed by atoms with Crippen LogP contribution in [0.5, 0.6) is 0 Å². The Kier molecular flexibility index (Phi) is 6.31. The van der Waals surface area contributed by atoms with Crippen LogP contribution in [0.25, 0.3) is 259 Å². The van der Waals surface area contributed by atoms with Gasteiger partial charge in [0.2, 0.25) is 0 Å². The van der Waals surface area contributed by atoms with Crippen LogP contribution in [0.4, 0.5) is 0 Å². The van der Waals surface area contributed by atoms with Gasteiger partial charge >= 0.3 is 23.9 Å². The fraction of sp³-hybridized carbons (Fsp3) is 0.286. The third-order valence-corrected chi connectivity index (χ3v) is 31.1. The van der Waals surface area contributed by atoms with Gasteiger partial charge in [-0.15, -0.1) is 0 Å². The smallest absolute Gasteiger partial charge is 0.317 e. The maximum atomic E-state index is 11.6. The number of ether oxygens (including phenoxy) is 4. The molecule has 2 heterocycles. The molecule has 4 unspecified atom stereocenters. The van der Waals surface area contributed by atoms with Crippen molar-refractivity contribution in [3.63, 3.8) is 0 Å². The summed E-state index contributed by atoms with van der Waals surface area (Å²) < 4.78 is 25.4. The van der Waals surface area contributed by atoms with Crippen molar-refractivity contribution in [2.45, 2.75) is 21.7 Å². The normalized spacial score (nSPS) is 23.6. The van der Waals surface area contributed by atoms with Crippen LogP contribution in [-0.2, 0) is 59.8 Å². The Morgan fingerprint density at radius 1 is 0.240 bits per heavy atom. The average Bonchev–Trinajstić information content (AvgIpc) is 1.37. The monoisotopic (exact) mass is 1300 g/mol. The van der Waals surface area contributed by atoms with Crippen molar-refractivity contribution in [1.29, 1.82) is 0 Å². The number of hydrogen-bond acceptors (Lipinski definition) is 12. The highest BCUT2D eigenvalue weighted by molar-refractivity contribution is 6.78. The zero-order chi connectivity index (χ0) is 63.9. The Labute approximate surface area is 555 Å². The maximum absolute atomic E-state index is 11.6. The van der Waals surface area contributed by atoms with E-state index < -0.39 is 34.7 Å². The molecule has 24 aromatic rings. The fourth-order valence-electron chi connectivity index (χ4n) is 30.2. The van der Waals surface area contributed by atoms with E-state index in [-0.39, 0.29) is 63.3 Å². The molecule has 24 aromatic carbocycles. The van der Waals surface area contributed by atoms with Crippen LogP contribution >= 0.6 is 0 Å². The van der Waals surface area contributed by atoms with Crippen molar-refractivity contribution in [2.75, 3.05) is 131 Å². The molecule has 2 fully saturated rings. The molecular formula is C84H44N4O12. The molecule has 16 nitrogen and oxygen atoms in total. The van der Waals surface area contributed by atoms with Crippen molar-refractivity contribution in [3.8, 4) is 0 Å². The first kappa shape index (κ1) is 48.1. The molecule has 10 aliphatic rings. The van der Waals surface area contributed by atoms with E-state index in [1.54, 1.807) is 303 Å². The Balaban J connectivity index is 0.679. The van der Waals surface area contributed by atoms with Gasteiger partial charge in [0.1, 0.15) is 0 Å². The van der Waals surface area contributed by atoms with Gasteiger partial charge < -0.3 is 39.4 Å². The Morgan fingerprint density at radius 2 is 0.390 bits per heavy atom. The van der Waals surface area contributed by atoms with Crippen molar-refractivity contribution in [1.82, 2.24) is 19.6 Å². The summed E-state index contributed by atoms with van der Waals surface area (Å²) in [5, 5.41) is 114. The van der Waals surface area contributed by atoms with Gasteiger partial charge in [-0.05, 0) is 303 Å². The van der Waals surface area contributed by atoms with Gasteiger partial charge in [0.15, 0.2) is 0 Å². The third-order valence-electron chi connectivity index (χ3n) is 31.1. The fourth-order valence-corrected chi connectivity index (χ4v) is 30.2. The number of carboxylic acids is 4. The lowest BCUT2D eigenvalue weighted by Gasteiger charge is -2.49. The summed E-state index contributed by atoms with van der Waals surface area (Å²) in [4.78, 5) is 54.8. The number of carboxylic acid groups (broad SMARTS) is 4. The molecule has 472 valence electrons. The van der Waals surface area contributed by atoms with E-state index in [4.69, 9.17) is 18.9 Å². The minimum absolute atomic E-state index is 0.202. The number of hydrogen-bond donors (Lipinski definition) is 4. The van der Waals surface area contributed by atoms with Gasteiger partial charge in [0.05, 0.1) is 101 Å². The zero-order valence-electron chi connectivity index (χ0n) is 53.0. The van der Waals surface area contributed by atoms with Crippen LogP contribution in [0.15, 0.2) is 0 Å². The minimum atomic E-state index is -1.07. The van der Waals surface area contributed by atoms with Crippen LogP contribution in [0.1, 0.15) is 44.5 Å². The molecule has 0 saturated carbocycles. The molecule has 100 heavy (non-hydrogen) atoms. The molecule has 0 aromatic heterocycles. The van der Waals surface area contributed by atoms with Crippen LogP contribution in [0, 0.1) is 0 Å². The summed E-state index contributed by atoms with van der Waals surface area (Å²) >= 11 is 0. The highest BCUT2D eigenvalue weighted by atomic mass is 16.5. The van der Waals surface area contributed by atoms with E-state index in [0.29, 0.717) is 39.6 Å². The number of benzene rings is 16. The van der Waals surface area contributed by atoms with Gasteiger partial charge in [-0.3, -0.25) is 38.8 Å². The molecule has 0 amide bonds. The Hall–Kier alpha value is -9.72. The van der Waals surface area contributed by atoms with Gasteiger partial charge in [0, 0.05) is 52.4 Å². The largest absolute Gasteiger partial charge is 0.480 e. The van der Waals surface area contributed by atoms with Crippen LogP contribution in [0.3, 0.4) is 0 Å². The Bertz CT molecular complexity index is 7730. The van der Waals surface area contributed by atoms with E-state index in [1.165, 1.54) is 9.80 Å². The summed E-state index contributed by atoms with van der Waals surface area (Å²) in [7, 11) is 0. The lowest BCUT2D eigenvalue weighted by Crippen LogP contribution is -2.51. The van der Waals surface area contributed by atoms with Gasteiger partial charge in [-0.2, -0.15) is 0 Å². The molecule has 2 aliphatic heterocycles. The lowest BCUT2D eigenvalue weighted by atomic mass is 9.50. The predicted octanol–water partition coefficient (Wildman–Crippen LogP) is 12.5. The first-order valence-corrected chi connectivity index (χ1v) is 36.1.